The third-order valence-electron chi connectivity index (χ3n) is 4.25. The number of aromatic amines is 1. The van der Waals surface area contributed by atoms with Gasteiger partial charge >= 0.3 is 6.18 Å². The molecule has 0 radical (unpaired) electrons. The van der Waals surface area contributed by atoms with Crippen LogP contribution in [0.15, 0.2) is 47.1 Å². The molecule has 8 nitrogen and oxygen atoms in total. The standard InChI is InChI=1S/C19H13F3N6O2/c1-28-16(17-3-2-4-29-17)8-13(26-28)10-30-14-6-11(5-12(7-14)19(20,21)22)18-15(9-23)24-27-25-18/h2-8H,10H2,1H3,(H,24,25,27). The maximum atomic E-state index is 13.4. The van der Waals surface area contributed by atoms with Crippen LogP contribution in [0.1, 0.15) is 17.0 Å². The van der Waals surface area contributed by atoms with Crippen LogP contribution in [0.5, 0.6) is 5.75 Å². The van der Waals surface area contributed by atoms with E-state index in [4.69, 9.17) is 14.4 Å². The number of hydrogen-bond acceptors (Lipinski definition) is 6. The van der Waals surface area contributed by atoms with Crippen LogP contribution in [0.4, 0.5) is 13.2 Å². The number of nitriles is 1. The summed E-state index contributed by atoms with van der Waals surface area (Å²) in [6.07, 6.45) is -3.08. The van der Waals surface area contributed by atoms with Crippen molar-refractivity contribution < 1.29 is 22.3 Å². The molecule has 0 spiro atoms. The van der Waals surface area contributed by atoms with E-state index in [2.05, 4.69) is 20.5 Å². The largest absolute Gasteiger partial charge is 0.487 e. The van der Waals surface area contributed by atoms with Crippen molar-refractivity contribution in [2.75, 3.05) is 0 Å². The number of hydrogen-bond donors (Lipinski definition) is 1. The second-order valence-corrected chi connectivity index (χ2v) is 6.29. The van der Waals surface area contributed by atoms with Gasteiger partial charge in [0.2, 0.25) is 0 Å². The Labute approximate surface area is 167 Å². The zero-order valence-electron chi connectivity index (χ0n) is 15.4. The second kappa shape index (κ2) is 7.40. The third-order valence-corrected chi connectivity index (χ3v) is 4.25. The highest BCUT2D eigenvalue weighted by Gasteiger charge is 2.32. The summed E-state index contributed by atoms with van der Waals surface area (Å²) in [6, 6.07) is 10.1. The Morgan fingerprint density at radius 3 is 2.77 bits per heavy atom. The van der Waals surface area contributed by atoms with Crippen molar-refractivity contribution in [3.63, 3.8) is 0 Å². The van der Waals surface area contributed by atoms with Gasteiger partial charge in [0.15, 0.2) is 11.5 Å². The fourth-order valence-corrected chi connectivity index (χ4v) is 2.90. The highest BCUT2D eigenvalue weighted by molar-refractivity contribution is 5.67. The Kier molecular flexibility index (Phi) is 4.75. The van der Waals surface area contributed by atoms with Crippen LogP contribution in [0, 0.1) is 11.3 Å². The van der Waals surface area contributed by atoms with Crippen LogP contribution >= 0.6 is 0 Å². The number of aromatic nitrogens is 5. The molecule has 11 heteroatoms. The number of aryl methyl sites for hydroxylation is 1. The van der Waals surface area contributed by atoms with Crippen molar-refractivity contribution in [1.82, 2.24) is 25.2 Å². The van der Waals surface area contributed by atoms with E-state index in [1.54, 1.807) is 36.0 Å². The lowest BCUT2D eigenvalue weighted by atomic mass is 10.1. The molecule has 0 atom stereocenters. The first-order chi connectivity index (χ1) is 14.3. The van der Waals surface area contributed by atoms with Crippen molar-refractivity contribution in [3.8, 4) is 34.5 Å². The fourth-order valence-electron chi connectivity index (χ4n) is 2.90. The highest BCUT2D eigenvalue weighted by Crippen LogP contribution is 2.36. The zero-order chi connectivity index (χ0) is 21.3. The number of furan rings is 1. The molecule has 3 heterocycles. The summed E-state index contributed by atoms with van der Waals surface area (Å²) in [6.45, 7) is -0.0702. The SMILES string of the molecule is Cn1nc(COc2cc(-c3n[nH]nc3C#N)cc(C(F)(F)F)c2)cc1-c1ccco1. The first-order valence-corrected chi connectivity index (χ1v) is 8.58. The second-order valence-electron chi connectivity index (χ2n) is 6.29. The quantitative estimate of drug-likeness (QED) is 0.530. The number of rotatable bonds is 5. The van der Waals surface area contributed by atoms with Crippen LogP contribution in [-0.4, -0.2) is 25.2 Å². The first-order valence-electron chi connectivity index (χ1n) is 8.58. The lowest BCUT2D eigenvalue weighted by Gasteiger charge is -2.12. The summed E-state index contributed by atoms with van der Waals surface area (Å²) in [5.41, 5.74) is 0.215. The summed E-state index contributed by atoms with van der Waals surface area (Å²) < 4.78 is 52.6. The predicted octanol–water partition coefficient (Wildman–Crippen LogP) is 3.93. The summed E-state index contributed by atoms with van der Waals surface area (Å²) in [5.74, 6) is 0.560. The maximum absolute atomic E-state index is 13.4. The van der Waals surface area contributed by atoms with Crippen molar-refractivity contribution in [2.45, 2.75) is 12.8 Å². The smallest absolute Gasteiger partial charge is 0.416 e. The normalized spacial score (nSPS) is 11.4. The van der Waals surface area contributed by atoms with Gasteiger partial charge in [-0.3, -0.25) is 4.68 Å². The molecule has 0 aliphatic heterocycles. The number of H-pyrrole nitrogens is 1. The predicted molar refractivity (Wildman–Crippen MR) is 96.8 cm³/mol. The van der Waals surface area contributed by atoms with Gasteiger partial charge in [0.05, 0.1) is 11.8 Å². The topological polar surface area (TPSA) is 106 Å². The lowest BCUT2D eigenvalue weighted by Crippen LogP contribution is -2.06. The third kappa shape index (κ3) is 3.75. The van der Waals surface area contributed by atoms with Gasteiger partial charge in [-0.25, -0.2) is 0 Å². The molecule has 0 saturated heterocycles. The maximum Gasteiger partial charge on any atom is 0.416 e. The van der Waals surface area contributed by atoms with Crippen molar-refractivity contribution in [2.24, 2.45) is 7.05 Å². The van der Waals surface area contributed by atoms with Crippen LogP contribution in [0.3, 0.4) is 0 Å². The molecule has 1 N–H and O–H groups in total. The molecule has 4 rings (SSSR count). The summed E-state index contributed by atoms with van der Waals surface area (Å²) in [7, 11) is 1.72. The average molecular weight is 414 g/mol. The van der Waals surface area contributed by atoms with Gasteiger partial charge in [0.1, 0.15) is 35.5 Å². The molecule has 1 aromatic carbocycles. The molecule has 4 aromatic rings. The van der Waals surface area contributed by atoms with E-state index in [0.717, 1.165) is 12.1 Å². The minimum Gasteiger partial charge on any atom is -0.487 e. The van der Waals surface area contributed by atoms with Crippen LogP contribution in [-0.2, 0) is 19.8 Å². The van der Waals surface area contributed by atoms with E-state index in [-0.39, 0.29) is 29.3 Å². The molecule has 0 aliphatic carbocycles. The minimum absolute atomic E-state index is 0.00592. The van der Waals surface area contributed by atoms with Gasteiger partial charge in [-0.05, 0) is 36.4 Å². The number of alkyl halides is 3. The van der Waals surface area contributed by atoms with Crippen LogP contribution in [0.2, 0.25) is 0 Å². The molecule has 0 aliphatic rings. The monoisotopic (exact) mass is 414 g/mol. The molecule has 0 amide bonds. The lowest BCUT2D eigenvalue weighted by molar-refractivity contribution is -0.137. The van der Waals surface area contributed by atoms with Crippen LogP contribution in [0.25, 0.3) is 22.7 Å². The summed E-state index contributed by atoms with van der Waals surface area (Å²) in [5, 5.41) is 23.0. The number of nitrogens with zero attached hydrogens (tertiary/aromatic N) is 5. The first kappa shape index (κ1) is 19.3. The van der Waals surface area contributed by atoms with E-state index in [1.165, 1.54) is 12.3 Å². The molecule has 0 unspecified atom stereocenters. The fraction of sp³-hybridized carbons (Fsp3) is 0.158. The van der Waals surface area contributed by atoms with Crippen LogP contribution < -0.4 is 4.74 Å². The van der Waals surface area contributed by atoms with E-state index in [1.807, 2.05) is 0 Å². The molecular weight excluding hydrogens is 401 g/mol. The Morgan fingerprint density at radius 1 is 1.23 bits per heavy atom. The molecule has 0 bridgehead atoms. The number of benzene rings is 1. The van der Waals surface area contributed by atoms with Crippen molar-refractivity contribution >= 4 is 0 Å². The Morgan fingerprint density at radius 2 is 2.07 bits per heavy atom. The van der Waals surface area contributed by atoms with Gasteiger partial charge < -0.3 is 9.15 Å². The number of nitrogens with one attached hydrogen (secondary N) is 1. The molecule has 3 aromatic heterocycles. The summed E-state index contributed by atoms with van der Waals surface area (Å²) >= 11 is 0. The Balaban J connectivity index is 1.64. The van der Waals surface area contributed by atoms with E-state index in [9.17, 15) is 13.2 Å². The highest BCUT2D eigenvalue weighted by atomic mass is 19.4. The van der Waals surface area contributed by atoms with Crippen molar-refractivity contribution in [3.05, 3.63) is 59.6 Å². The summed E-state index contributed by atoms with van der Waals surface area (Å²) in [4.78, 5) is 0. The molecule has 0 fully saturated rings. The Hall–Kier alpha value is -4.07. The van der Waals surface area contributed by atoms with Gasteiger partial charge in [0, 0.05) is 12.6 Å². The average Bonchev–Trinajstić information content (AvgIpc) is 3.45. The van der Waals surface area contributed by atoms with Crippen molar-refractivity contribution in [1.29, 1.82) is 5.26 Å². The van der Waals surface area contributed by atoms with Gasteiger partial charge in [0.25, 0.3) is 0 Å². The van der Waals surface area contributed by atoms with E-state index >= 15 is 0 Å². The molecule has 152 valence electrons. The number of ether oxygens (including phenoxy) is 1. The number of halogens is 3. The zero-order valence-corrected chi connectivity index (χ0v) is 15.4. The molecule has 30 heavy (non-hydrogen) atoms. The minimum atomic E-state index is -4.61. The Bertz CT molecular complexity index is 1220. The van der Waals surface area contributed by atoms with Gasteiger partial charge in [-0.2, -0.15) is 33.8 Å². The van der Waals surface area contributed by atoms with E-state index in [0.29, 0.717) is 17.1 Å². The van der Waals surface area contributed by atoms with Gasteiger partial charge in [-0.1, -0.05) is 0 Å². The molecular formula is C19H13F3N6O2. The molecule has 0 saturated carbocycles. The van der Waals surface area contributed by atoms with Gasteiger partial charge in [-0.15, -0.1) is 5.10 Å². The van der Waals surface area contributed by atoms with E-state index < -0.39 is 11.7 Å².